The number of nitrogens with two attached hydrogens (primary N) is 1. The topological polar surface area (TPSA) is 38.9 Å². The summed E-state index contributed by atoms with van der Waals surface area (Å²) in [6.45, 7) is 3.87. The predicted molar refractivity (Wildman–Crippen MR) is 68.6 cm³/mol. The van der Waals surface area contributed by atoms with Crippen molar-refractivity contribution in [3.8, 4) is 0 Å². The van der Waals surface area contributed by atoms with Crippen LogP contribution in [0.1, 0.15) is 27.7 Å². The highest BCUT2D eigenvalue weighted by Gasteiger charge is 2.13. The molecule has 0 saturated heterocycles. The smallest absolute Gasteiger partial charge is 0.123 e. The third-order valence-corrected chi connectivity index (χ3v) is 3.93. The molecule has 0 bridgehead atoms. The van der Waals surface area contributed by atoms with Crippen LogP contribution in [0.5, 0.6) is 0 Å². The van der Waals surface area contributed by atoms with Gasteiger partial charge in [0.15, 0.2) is 0 Å². The summed E-state index contributed by atoms with van der Waals surface area (Å²) >= 11 is 1.58. The Bertz CT molecular complexity index is 522. The van der Waals surface area contributed by atoms with E-state index < -0.39 is 0 Å². The van der Waals surface area contributed by atoms with Gasteiger partial charge in [0.1, 0.15) is 5.82 Å². The van der Waals surface area contributed by atoms with Crippen LogP contribution in [0.2, 0.25) is 0 Å². The second-order valence-corrected chi connectivity index (χ2v) is 5.07. The molecule has 0 spiro atoms. The lowest BCUT2D eigenvalue weighted by Crippen LogP contribution is -2.13. The van der Waals surface area contributed by atoms with Gasteiger partial charge in [-0.1, -0.05) is 6.07 Å². The summed E-state index contributed by atoms with van der Waals surface area (Å²) in [7, 11) is 0. The van der Waals surface area contributed by atoms with E-state index in [1.54, 1.807) is 23.5 Å². The maximum Gasteiger partial charge on any atom is 0.123 e. The molecule has 17 heavy (non-hydrogen) atoms. The molecule has 1 unspecified atom stereocenters. The van der Waals surface area contributed by atoms with Crippen LogP contribution in [0.4, 0.5) is 4.39 Å². The Balaban J connectivity index is 2.19. The molecular weight excluding hydrogens is 235 g/mol. The van der Waals surface area contributed by atoms with Gasteiger partial charge < -0.3 is 5.73 Å². The SMILES string of the molecule is Cc1cc(F)ccc1CC(N)c1scnc1C. The first-order chi connectivity index (χ1) is 8.08. The monoisotopic (exact) mass is 250 g/mol. The zero-order valence-electron chi connectivity index (χ0n) is 9.90. The molecule has 0 radical (unpaired) electrons. The highest BCUT2D eigenvalue weighted by Crippen LogP contribution is 2.24. The first kappa shape index (κ1) is 12.2. The van der Waals surface area contributed by atoms with Crippen LogP contribution in [0, 0.1) is 19.7 Å². The van der Waals surface area contributed by atoms with Crippen molar-refractivity contribution in [1.29, 1.82) is 0 Å². The average molecular weight is 250 g/mol. The molecule has 4 heteroatoms. The lowest BCUT2D eigenvalue weighted by Gasteiger charge is -2.12. The Morgan fingerprint density at radius 2 is 2.18 bits per heavy atom. The van der Waals surface area contributed by atoms with Crippen LogP contribution in [0.25, 0.3) is 0 Å². The lowest BCUT2D eigenvalue weighted by molar-refractivity contribution is 0.624. The number of hydrogen-bond donors (Lipinski definition) is 1. The van der Waals surface area contributed by atoms with Crippen molar-refractivity contribution in [3.05, 3.63) is 51.2 Å². The van der Waals surface area contributed by atoms with Gasteiger partial charge in [-0.3, -0.25) is 0 Å². The van der Waals surface area contributed by atoms with Crippen LogP contribution < -0.4 is 5.73 Å². The van der Waals surface area contributed by atoms with E-state index in [-0.39, 0.29) is 11.9 Å². The number of thiazole rings is 1. The summed E-state index contributed by atoms with van der Waals surface area (Å²) < 4.78 is 13.0. The van der Waals surface area contributed by atoms with Crippen LogP contribution in [0.3, 0.4) is 0 Å². The maximum atomic E-state index is 13.0. The van der Waals surface area contributed by atoms with Crippen molar-refractivity contribution in [3.63, 3.8) is 0 Å². The van der Waals surface area contributed by atoms with Crippen molar-refractivity contribution in [2.24, 2.45) is 5.73 Å². The highest BCUT2D eigenvalue weighted by molar-refractivity contribution is 7.09. The number of nitrogens with zero attached hydrogens (tertiary/aromatic N) is 1. The molecule has 1 aromatic carbocycles. The number of benzene rings is 1. The van der Waals surface area contributed by atoms with Crippen LogP contribution in [-0.2, 0) is 6.42 Å². The Kier molecular flexibility index (Phi) is 3.54. The zero-order chi connectivity index (χ0) is 12.4. The minimum Gasteiger partial charge on any atom is -0.323 e. The third-order valence-electron chi connectivity index (χ3n) is 2.86. The first-order valence-corrected chi connectivity index (χ1v) is 6.36. The van der Waals surface area contributed by atoms with Crippen LogP contribution in [-0.4, -0.2) is 4.98 Å². The van der Waals surface area contributed by atoms with E-state index in [4.69, 9.17) is 5.73 Å². The number of halogens is 1. The zero-order valence-corrected chi connectivity index (χ0v) is 10.7. The summed E-state index contributed by atoms with van der Waals surface area (Å²) in [5, 5.41) is 0. The molecular formula is C13H15FN2S. The van der Waals surface area contributed by atoms with E-state index in [1.807, 2.05) is 19.4 Å². The molecule has 2 aromatic rings. The summed E-state index contributed by atoms with van der Waals surface area (Å²) in [4.78, 5) is 5.30. The normalized spacial score (nSPS) is 12.7. The van der Waals surface area contributed by atoms with Crippen molar-refractivity contribution in [2.45, 2.75) is 26.3 Å². The van der Waals surface area contributed by atoms with Gasteiger partial charge in [0.2, 0.25) is 0 Å². The Hall–Kier alpha value is -1.26. The number of rotatable bonds is 3. The molecule has 2 rings (SSSR count). The van der Waals surface area contributed by atoms with Gasteiger partial charge in [0, 0.05) is 10.9 Å². The molecule has 2 N–H and O–H groups in total. The molecule has 1 atom stereocenters. The molecule has 1 aromatic heterocycles. The lowest BCUT2D eigenvalue weighted by atomic mass is 10.00. The van der Waals surface area contributed by atoms with Gasteiger partial charge >= 0.3 is 0 Å². The van der Waals surface area contributed by atoms with E-state index in [1.165, 1.54) is 6.07 Å². The largest absolute Gasteiger partial charge is 0.323 e. The van der Waals surface area contributed by atoms with E-state index in [2.05, 4.69) is 4.98 Å². The Morgan fingerprint density at radius 1 is 1.41 bits per heavy atom. The third kappa shape index (κ3) is 2.70. The fourth-order valence-electron chi connectivity index (χ4n) is 1.88. The summed E-state index contributed by atoms with van der Waals surface area (Å²) in [5.74, 6) is -0.200. The first-order valence-electron chi connectivity index (χ1n) is 5.48. The van der Waals surface area contributed by atoms with Crippen LogP contribution in [0.15, 0.2) is 23.7 Å². The molecule has 0 aliphatic carbocycles. The molecule has 0 amide bonds. The molecule has 0 saturated carbocycles. The van der Waals surface area contributed by atoms with Gasteiger partial charge in [0.25, 0.3) is 0 Å². The quantitative estimate of drug-likeness (QED) is 0.909. The fourth-order valence-corrected chi connectivity index (χ4v) is 2.69. The van der Waals surface area contributed by atoms with E-state index in [0.29, 0.717) is 0 Å². The predicted octanol–water partition coefficient (Wildman–Crippen LogP) is 3.14. The summed E-state index contributed by atoms with van der Waals surface area (Å²) in [6.07, 6.45) is 0.717. The van der Waals surface area contributed by atoms with E-state index >= 15 is 0 Å². The van der Waals surface area contributed by atoms with Gasteiger partial charge in [0.05, 0.1) is 11.2 Å². The number of aromatic nitrogens is 1. The van der Waals surface area contributed by atoms with Gasteiger partial charge in [-0.05, 0) is 43.5 Å². The van der Waals surface area contributed by atoms with Crippen molar-refractivity contribution >= 4 is 11.3 Å². The van der Waals surface area contributed by atoms with Gasteiger partial charge in [-0.25, -0.2) is 9.37 Å². The Morgan fingerprint density at radius 3 is 2.76 bits per heavy atom. The number of aryl methyl sites for hydroxylation is 2. The standard InChI is InChI=1S/C13H15FN2S/c1-8-5-11(14)4-3-10(8)6-12(15)13-9(2)16-7-17-13/h3-5,7,12H,6,15H2,1-2H3. The molecule has 2 nitrogen and oxygen atoms in total. The van der Waals surface area contributed by atoms with Crippen LogP contribution >= 0.6 is 11.3 Å². The van der Waals surface area contributed by atoms with E-state index in [9.17, 15) is 4.39 Å². The summed E-state index contributed by atoms with van der Waals surface area (Å²) in [6, 6.07) is 4.77. The second kappa shape index (κ2) is 4.94. The van der Waals surface area contributed by atoms with Gasteiger partial charge in [-0.2, -0.15) is 0 Å². The molecule has 1 heterocycles. The van der Waals surface area contributed by atoms with E-state index in [0.717, 1.165) is 28.1 Å². The molecule has 90 valence electrons. The van der Waals surface area contributed by atoms with Gasteiger partial charge in [-0.15, -0.1) is 11.3 Å². The molecule has 0 aliphatic heterocycles. The minimum atomic E-state index is -0.200. The summed E-state index contributed by atoms with van der Waals surface area (Å²) in [5.41, 5.74) is 11.0. The maximum absolute atomic E-state index is 13.0. The van der Waals surface area contributed by atoms with Crippen molar-refractivity contribution in [2.75, 3.05) is 0 Å². The minimum absolute atomic E-state index is 0.0633. The average Bonchev–Trinajstić information content (AvgIpc) is 2.68. The van der Waals surface area contributed by atoms with Crippen molar-refractivity contribution < 1.29 is 4.39 Å². The second-order valence-electron chi connectivity index (χ2n) is 4.18. The van der Waals surface area contributed by atoms with Crippen molar-refractivity contribution in [1.82, 2.24) is 4.98 Å². The molecule has 0 fully saturated rings. The fraction of sp³-hybridized carbons (Fsp3) is 0.308. The molecule has 0 aliphatic rings. The highest BCUT2D eigenvalue weighted by atomic mass is 32.1. The number of hydrogen-bond acceptors (Lipinski definition) is 3. The Labute approximate surface area is 104 Å².